The summed E-state index contributed by atoms with van der Waals surface area (Å²) in [6.45, 7) is 0. The highest BCUT2D eigenvalue weighted by Crippen LogP contribution is 2.27. The minimum Gasteiger partial charge on any atom is -0.298 e. The second-order valence-corrected chi connectivity index (χ2v) is 3.25. The first-order valence-corrected chi connectivity index (χ1v) is 4.28. The predicted molar refractivity (Wildman–Crippen MR) is 51.6 cm³/mol. The zero-order valence-corrected chi connectivity index (χ0v) is 8.35. The molecule has 14 heavy (non-hydrogen) atoms. The largest absolute Gasteiger partial charge is 0.298 e. The fraction of sp³-hybridized carbons (Fsp3) is 0. The Morgan fingerprint density at radius 1 is 1.29 bits per heavy atom. The first kappa shape index (κ1) is 10.5. The van der Waals surface area contributed by atoms with Crippen LogP contribution in [-0.2, 0) is 0 Å². The van der Waals surface area contributed by atoms with Crippen molar-refractivity contribution in [3.05, 3.63) is 37.8 Å². The van der Waals surface area contributed by atoms with E-state index in [1.54, 1.807) is 0 Å². The molecule has 0 aliphatic rings. The molecule has 0 aliphatic carbocycles. The number of halogens is 1. The van der Waals surface area contributed by atoms with Crippen molar-refractivity contribution >= 4 is 34.2 Å². The molecule has 0 aromatic heterocycles. The summed E-state index contributed by atoms with van der Waals surface area (Å²) in [6, 6.07) is 2.70. The molecule has 0 amide bonds. The molecule has 0 N–H and O–H groups in total. The van der Waals surface area contributed by atoms with E-state index in [1.807, 2.05) is 0 Å². The summed E-state index contributed by atoms with van der Waals surface area (Å²) in [5.41, 5.74) is -0.704. The van der Waals surface area contributed by atoms with Gasteiger partial charge in [-0.2, -0.15) is 0 Å². The zero-order valence-electron chi connectivity index (χ0n) is 6.77. The Morgan fingerprint density at radius 3 is 2.36 bits per heavy atom. The smallest absolute Gasteiger partial charge is 0.291 e. The summed E-state index contributed by atoms with van der Waals surface area (Å²) >= 11 is 2.99. The van der Waals surface area contributed by atoms with E-state index < -0.39 is 10.6 Å². The van der Waals surface area contributed by atoms with Crippen molar-refractivity contribution in [2.45, 2.75) is 0 Å². The number of rotatable bonds is 3. The molecule has 5 nitrogen and oxygen atoms in total. The van der Waals surface area contributed by atoms with Crippen LogP contribution in [0.4, 0.5) is 5.69 Å². The van der Waals surface area contributed by atoms with Crippen LogP contribution in [0.5, 0.6) is 0 Å². The third-order valence-corrected chi connectivity index (χ3v) is 2.31. The molecule has 0 atom stereocenters. The van der Waals surface area contributed by atoms with Gasteiger partial charge in [-0.3, -0.25) is 19.7 Å². The van der Waals surface area contributed by atoms with E-state index in [9.17, 15) is 19.7 Å². The molecule has 0 saturated carbocycles. The van der Waals surface area contributed by atoms with Crippen molar-refractivity contribution in [2.75, 3.05) is 0 Å². The van der Waals surface area contributed by atoms with Gasteiger partial charge in [0.2, 0.25) is 0 Å². The van der Waals surface area contributed by atoms with Crippen LogP contribution >= 0.6 is 15.9 Å². The van der Waals surface area contributed by atoms with Crippen molar-refractivity contribution < 1.29 is 14.5 Å². The Bertz CT molecular complexity index is 416. The fourth-order valence-corrected chi connectivity index (χ4v) is 1.42. The first-order chi connectivity index (χ1) is 6.61. The molecular weight excluding hydrogens is 254 g/mol. The van der Waals surface area contributed by atoms with Crippen LogP contribution in [0.1, 0.15) is 20.7 Å². The number of nitro groups is 1. The Labute approximate surface area is 87.0 Å². The molecule has 0 saturated heterocycles. The van der Waals surface area contributed by atoms with E-state index in [0.29, 0.717) is 17.0 Å². The SMILES string of the molecule is O=Cc1ccc(Br)c(C=O)c1[N+](=O)[O-]. The number of carbonyl (C=O) groups excluding carboxylic acids is 2. The van der Waals surface area contributed by atoms with Crippen molar-refractivity contribution in [2.24, 2.45) is 0 Å². The Morgan fingerprint density at radius 2 is 1.93 bits per heavy atom. The molecule has 1 rings (SSSR count). The third-order valence-electron chi connectivity index (χ3n) is 1.62. The van der Waals surface area contributed by atoms with E-state index in [0.717, 1.165) is 0 Å². The van der Waals surface area contributed by atoms with Gasteiger partial charge in [0.25, 0.3) is 5.69 Å². The average molecular weight is 258 g/mol. The van der Waals surface area contributed by atoms with E-state index >= 15 is 0 Å². The van der Waals surface area contributed by atoms with Gasteiger partial charge in [0.1, 0.15) is 5.56 Å². The van der Waals surface area contributed by atoms with Crippen LogP contribution in [0.25, 0.3) is 0 Å². The number of nitrogens with zero attached hydrogens (tertiary/aromatic N) is 1. The van der Waals surface area contributed by atoms with Gasteiger partial charge in [-0.15, -0.1) is 0 Å². The molecule has 1 aromatic rings. The van der Waals surface area contributed by atoms with Gasteiger partial charge in [-0.25, -0.2) is 0 Å². The highest BCUT2D eigenvalue weighted by molar-refractivity contribution is 9.10. The van der Waals surface area contributed by atoms with E-state index in [1.165, 1.54) is 12.1 Å². The van der Waals surface area contributed by atoms with Gasteiger partial charge in [0.05, 0.1) is 10.5 Å². The quantitative estimate of drug-likeness (QED) is 0.471. The van der Waals surface area contributed by atoms with Crippen LogP contribution in [0.2, 0.25) is 0 Å². The van der Waals surface area contributed by atoms with Crippen LogP contribution in [0.3, 0.4) is 0 Å². The van der Waals surface area contributed by atoms with Gasteiger partial charge < -0.3 is 0 Å². The lowest BCUT2D eigenvalue weighted by Crippen LogP contribution is -2.00. The molecule has 0 bridgehead atoms. The fourth-order valence-electron chi connectivity index (χ4n) is 1.01. The standard InChI is InChI=1S/C8H4BrNO4/c9-7-2-1-5(3-11)8(10(13)14)6(7)4-12/h1-4H. The van der Waals surface area contributed by atoms with Crippen LogP contribution in [0.15, 0.2) is 16.6 Å². The lowest BCUT2D eigenvalue weighted by molar-refractivity contribution is -0.385. The van der Waals surface area contributed by atoms with E-state index in [4.69, 9.17) is 0 Å². The lowest BCUT2D eigenvalue weighted by atomic mass is 10.1. The van der Waals surface area contributed by atoms with Gasteiger partial charge in [0, 0.05) is 4.47 Å². The van der Waals surface area contributed by atoms with Gasteiger partial charge >= 0.3 is 0 Å². The summed E-state index contributed by atoms with van der Waals surface area (Å²) in [6.07, 6.45) is 0.687. The van der Waals surface area contributed by atoms with Crippen LogP contribution < -0.4 is 0 Å². The monoisotopic (exact) mass is 257 g/mol. The maximum atomic E-state index is 10.6. The summed E-state index contributed by atoms with van der Waals surface area (Å²) in [5, 5.41) is 10.6. The van der Waals surface area contributed by atoms with Crippen LogP contribution in [0, 0.1) is 10.1 Å². The second-order valence-electron chi connectivity index (χ2n) is 2.39. The second kappa shape index (κ2) is 4.10. The number of hydrogen-bond donors (Lipinski definition) is 0. The van der Waals surface area contributed by atoms with Crippen molar-refractivity contribution in [1.29, 1.82) is 0 Å². The Balaban J connectivity index is 3.59. The maximum Gasteiger partial charge on any atom is 0.291 e. The molecule has 0 unspecified atom stereocenters. The molecule has 6 heteroatoms. The van der Waals surface area contributed by atoms with Gasteiger partial charge in [0.15, 0.2) is 12.6 Å². The lowest BCUT2D eigenvalue weighted by Gasteiger charge is -2.00. The first-order valence-electron chi connectivity index (χ1n) is 3.49. The maximum absolute atomic E-state index is 10.6. The molecule has 0 spiro atoms. The summed E-state index contributed by atoms with van der Waals surface area (Å²) in [7, 11) is 0. The Hall–Kier alpha value is -1.56. The summed E-state index contributed by atoms with van der Waals surface area (Å²) < 4.78 is 0.296. The molecule has 72 valence electrons. The number of hydrogen-bond acceptors (Lipinski definition) is 4. The number of aldehydes is 2. The minimum atomic E-state index is -0.752. The van der Waals surface area contributed by atoms with Crippen molar-refractivity contribution in [1.82, 2.24) is 0 Å². The summed E-state index contributed by atoms with van der Waals surface area (Å²) in [4.78, 5) is 30.9. The summed E-state index contributed by atoms with van der Waals surface area (Å²) in [5.74, 6) is 0. The average Bonchev–Trinajstić information content (AvgIpc) is 2.17. The third kappa shape index (κ3) is 1.69. The Kier molecular flexibility index (Phi) is 3.08. The number of carbonyl (C=O) groups is 2. The molecule has 0 aliphatic heterocycles. The van der Waals surface area contributed by atoms with E-state index in [-0.39, 0.29) is 11.1 Å². The zero-order chi connectivity index (χ0) is 10.7. The number of nitro benzene ring substituents is 1. The van der Waals surface area contributed by atoms with Crippen molar-refractivity contribution in [3.63, 3.8) is 0 Å². The van der Waals surface area contributed by atoms with Crippen molar-refractivity contribution in [3.8, 4) is 0 Å². The molecular formula is C8H4BrNO4. The van der Waals surface area contributed by atoms with Gasteiger partial charge in [-0.1, -0.05) is 0 Å². The van der Waals surface area contributed by atoms with Crippen LogP contribution in [-0.4, -0.2) is 17.5 Å². The van der Waals surface area contributed by atoms with Gasteiger partial charge in [-0.05, 0) is 28.1 Å². The highest BCUT2D eigenvalue weighted by Gasteiger charge is 2.21. The van der Waals surface area contributed by atoms with E-state index in [2.05, 4.69) is 15.9 Å². The topological polar surface area (TPSA) is 77.3 Å². The number of benzene rings is 1. The highest BCUT2D eigenvalue weighted by atomic mass is 79.9. The molecule has 0 heterocycles. The molecule has 0 radical (unpaired) electrons. The minimum absolute atomic E-state index is 0.111. The molecule has 0 fully saturated rings. The molecule has 1 aromatic carbocycles. The predicted octanol–water partition coefficient (Wildman–Crippen LogP) is 1.98. The normalized spacial score (nSPS) is 9.50.